The van der Waals surface area contributed by atoms with Gasteiger partial charge < -0.3 is 0 Å². The summed E-state index contributed by atoms with van der Waals surface area (Å²) >= 11 is 0. The molecule has 0 aliphatic carbocycles. The van der Waals surface area contributed by atoms with E-state index in [0.717, 1.165) is 5.56 Å². The van der Waals surface area contributed by atoms with Gasteiger partial charge in [0.1, 0.15) is 0 Å². The third-order valence-corrected chi connectivity index (χ3v) is 3.69. The number of rotatable bonds is 2. The first-order valence-corrected chi connectivity index (χ1v) is 5.83. The summed E-state index contributed by atoms with van der Waals surface area (Å²) in [5.41, 5.74) is 0.408. The quantitative estimate of drug-likeness (QED) is 0.726. The fourth-order valence-corrected chi connectivity index (χ4v) is 2.50. The standard InChI is InChI=1S/C13H16N2O2/c1-3-13(10-5-8-14-9-6-10)7-4-11(16)15(2)12(13)17/h5-6,8-9H,3-4,7H2,1-2H3/t13-/m1/s1. The highest BCUT2D eigenvalue weighted by Crippen LogP contribution is 2.37. The lowest BCUT2D eigenvalue weighted by atomic mass is 9.71. The first kappa shape index (κ1) is 11.8. The molecule has 0 saturated carbocycles. The molecule has 4 heteroatoms. The topological polar surface area (TPSA) is 50.3 Å². The predicted octanol–water partition coefficient (Wildman–Crippen LogP) is 1.51. The van der Waals surface area contributed by atoms with Crippen LogP contribution in [0.1, 0.15) is 31.7 Å². The Balaban J connectivity index is 2.45. The molecule has 1 aromatic heterocycles. The number of likely N-dealkylation sites (tertiary alicyclic amines) is 1. The number of carbonyl (C=O) groups is 2. The van der Waals surface area contributed by atoms with Crippen LogP contribution in [0, 0.1) is 0 Å². The van der Waals surface area contributed by atoms with Crippen LogP contribution in [0.15, 0.2) is 24.5 Å². The molecular weight excluding hydrogens is 216 g/mol. The molecule has 4 nitrogen and oxygen atoms in total. The van der Waals surface area contributed by atoms with Gasteiger partial charge in [-0.1, -0.05) is 6.92 Å². The Labute approximate surface area is 101 Å². The van der Waals surface area contributed by atoms with Gasteiger partial charge in [0.05, 0.1) is 5.41 Å². The molecule has 1 fully saturated rings. The lowest BCUT2D eigenvalue weighted by Crippen LogP contribution is -2.52. The smallest absolute Gasteiger partial charge is 0.239 e. The van der Waals surface area contributed by atoms with E-state index < -0.39 is 5.41 Å². The van der Waals surface area contributed by atoms with Crippen molar-refractivity contribution in [2.75, 3.05) is 7.05 Å². The largest absolute Gasteiger partial charge is 0.285 e. The van der Waals surface area contributed by atoms with Gasteiger partial charge in [-0.2, -0.15) is 0 Å². The second kappa shape index (κ2) is 4.28. The summed E-state index contributed by atoms with van der Waals surface area (Å²) in [7, 11) is 1.56. The fraction of sp³-hybridized carbons (Fsp3) is 0.462. The summed E-state index contributed by atoms with van der Waals surface area (Å²) in [4.78, 5) is 29.1. The number of hydrogen-bond acceptors (Lipinski definition) is 3. The number of pyridine rings is 1. The van der Waals surface area contributed by atoms with E-state index >= 15 is 0 Å². The molecule has 17 heavy (non-hydrogen) atoms. The van der Waals surface area contributed by atoms with E-state index in [2.05, 4.69) is 4.98 Å². The van der Waals surface area contributed by atoms with Crippen molar-refractivity contribution >= 4 is 11.8 Å². The van der Waals surface area contributed by atoms with Gasteiger partial charge in [-0.3, -0.25) is 19.5 Å². The molecule has 0 spiro atoms. The predicted molar refractivity (Wildman–Crippen MR) is 63.2 cm³/mol. The van der Waals surface area contributed by atoms with Crippen molar-refractivity contribution in [1.82, 2.24) is 9.88 Å². The van der Waals surface area contributed by atoms with Gasteiger partial charge in [0, 0.05) is 25.9 Å². The number of piperidine rings is 1. The molecule has 0 bridgehead atoms. The van der Waals surface area contributed by atoms with Crippen LogP contribution in [0.25, 0.3) is 0 Å². The first-order chi connectivity index (χ1) is 8.12. The Morgan fingerprint density at radius 3 is 2.59 bits per heavy atom. The highest BCUT2D eigenvalue weighted by Gasteiger charge is 2.45. The molecule has 0 aromatic carbocycles. The van der Waals surface area contributed by atoms with Crippen LogP contribution in [0.5, 0.6) is 0 Å². The molecule has 2 amide bonds. The molecule has 1 saturated heterocycles. The van der Waals surface area contributed by atoms with Gasteiger partial charge in [-0.05, 0) is 30.5 Å². The minimum absolute atomic E-state index is 0.0897. The molecule has 0 unspecified atom stereocenters. The number of amides is 2. The zero-order chi connectivity index (χ0) is 12.5. The Bertz CT molecular complexity index is 444. The van der Waals surface area contributed by atoms with E-state index in [9.17, 15) is 9.59 Å². The van der Waals surface area contributed by atoms with E-state index in [-0.39, 0.29) is 11.8 Å². The van der Waals surface area contributed by atoms with Gasteiger partial charge in [0.15, 0.2) is 0 Å². The SMILES string of the molecule is CC[C@]1(c2ccncc2)CCC(=O)N(C)C1=O. The number of hydrogen-bond donors (Lipinski definition) is 0. The van der Waals surface area contributed by atoms with Crippen LogP contribution in [0.4, 0.5) is 0 Å². The van der Waals surface area contributed by atoms with Crippen LogP contribution in [0.3, 0.4) is 0 Å². The van der Waals surface area contributed by atoms with Crippen molar-refractivity contribution in [3.8, 4) is 0 Å². The average Bonchev–Trinajstić information content (AvgIpc) is 2.38. The molecule has 0 N–H and O–H groups in total. The highest BCUT2D eigenvalue weighted by atomic mass is 16.2. The van der Waals surface area contributed by atoms with Crippen LogP contribution in [-0.2, 0) is 15.0 Å². The molecule has 2 rings (SSSR count). The third kappa shape index (κ3) is 1.73. The molecule has 1 atom stereocenters. The maximum absolute atomic E-state index is 12.4. The maximum Gasteiger partial charge on any atom is 0.239 e. The molecular formula is C13H16N2O2. The zero-order valence-electron chi connectivity index (χ0n) is 10.1. The van der Waals surface area contributed by atoms with Crippen molar-refractivity contribution < 1.29 is 9.59 Å². The summed E-state index contributed by atoms with van der Waals surface area (Å²) in [5, 5.41) is 0. The van der Waals surface area contributed by atoms with Crippen molar-refractivity contribution in [2.45, 2.75) is 31.6 Å². The number of nitrogens with zero attached hydrogens (tertiary/aromatic N) is 2. The monoisotopic (exact) mass is 232 g/mol. The zero-order valence-corrected chi connectivity index (χ0v) is 10.1. The molecule has 1 aromatic rings. The van der Waals surface area contributed by atoms with E-state index in [0.29, 0.717) is 19.3 Å². The number of aromatic nitrogens is 1. The van der Waals surface area contributed by atoms with Crippen LogP contribution in [-0.4, -0.2) is 28.7 Å². The molecule has 1 aliphatic heterocycles. The van der Waals surface area contributed by atoms with Crippen LogP contribution >= 0.6 is 0 Å². The van der Waals surface area contributed by atoms with Gasteiger partial charge in [-0.15, -0.1) is 0 Å². The van der Waals surface area contributed by atoms with Gasteiger partial charge in [0.25, 0.3) is 0 Å². The Kier molecular flexibility index (Phi) is 2.96. The van der Waals surface area contributed by atoms with Crippen molar-refractivity contribution in [3.05, 3.63) is 30.1 Å². The Morgan fingerprint density at radius 1 is 1.35 bits per heavy atom. The number of likely N-dealkylation sites (N-methyl/N-ethyl adjacent to an activating group) is 1. The molecule has 0 radical (unpaired) electrons. The Morgan fingerprint density at radius 2 is 2.00 bits per heavy atom. The fourth-order valence-electron chi connectivity index (χ4n) is 2.50. The molecule has 90 valence electrons. The Hall–Kier alpha value is -1.71. The second-order valence-electron chi connectivity index (χ2n) is 4.43. The minimum atomic E-state index is -0.550. The number of imide groups is 1. The highest BCUT2D eigenvalue weighted by molar-refractivity contribution is 6.03. The van der Waals surface area contributed by atoms with Gasteiger partial charge in [-0.25, -0.2) is 0 Å². The molecule has 1 aliphatic rings. The van der Waals surface area contributed by atoms with Crippen molar-refractivity contribution in [1.29, 1.82) is 0 Å². The summed E-state index contributed by atoms with van der Waals surface area (Å²) in [6.07, 6.45) is 5.11. The van der Waals surface area contributed by atoms with Gasteiger partial charge in [0.2, 0.25) is 11.8 Å². The van der Waals surface area contributed by atoms with Crippen molar-refractivity contribution in [3.63, 3.8) is 0 Å². The van der Waals surface area contributed by atoms with Crippen LogP contribution in [0.2, 0.25) is 0 Å². The summed E-state index contributed by atoms with van der Waals surface area (Å²) in [6, 6.07) is 3.73. The minimum Gasteiger partial charge on any atom is -0.285 e. The van der Waals surface area contributed by atoms with E-state index in [1.807, 2.05) is 19.1 Å². The maximum atomic E-state index is 12.4. The lowest BCUT2D eigenvalue weighted by molar-refractivity contribution is -0.151. The lowest BCUT2D eigenvalue weighted by Gasteiger charge is -2.38. The molecule has 2 heterocycles. The van der Waals surface area contributed by atoms with E-state index in [4.69, 9.17) is 0 Å². The summed E-state index contributed by atoms with van der Waals surface area (Å²) < 4.78 is 0. The normalized spacial score (nSPS) is 25.2. The number of carbonyl (C=O) groups excluding carboxylic acids is 2. The summed E-state index contributed by atoms with van der Waals surface area (Å²) in [6.45, 7) is 1.99. The van der Waals surface area contributed by atoms with Gasteiger partial charge >= 0.3 is 0 Å². The van der Waals surface area contributed by atoms with E-state index in [1.54, 1.807) is 19.4 Å². The third-order valence-electron chi connectivity index (χ3n) is 3.69. The average molecular weight is 232 g/mol. The van der Waals surface area contributed by atoms with E-state index in [1.165, 1.54) is 4.90 Å². The second-order valence-corrected chi connectivity index (χ2v) is 4.43. The first-order valence-electron chi connectivity index (χ1n) is 5.83. The van der Waals surface area contributed by atoms with Crippen LogP contribution < -0.4 is 0 Å². The van der Waals surface area contributed by atoms with Crippen molar-refractivity contribution in [2.24, 2.45) is 0 Å². The summed E-state index contributed by atoms with van der Waals surface area (Å²) in [5.74, 6) is -0.185.